The molecule has 0 bridgehead atoms. The predicted molar refractivity (Wildman–Crippen MR) is 41.2 cm³/mol. The van der Waals surface area contributed by atoms with Crippen LogP contribution >= 0.6 is 0 Å². The van der Waals surface area contributed by atoms with Gasteiger partial charge in [-0.3, -0.25) is 0 Å². The summed E-state index contributed by atoms with van der Waals surface area (Å²) >= 11 is -1.26. The van der Waals surface area contributed by atoms with Crippen LogP contribution < -0.4 is 5.14 Å². The van der Waals surface area contributed by atoms with Crippen molar-refractivity contribution in [3.8, 4) is 0 Å². The molecule has 3 heteroatoms. The van der Waals surface area contributed by atoms with Crippen molar-refractivity contribution in [1.29, 1.82) is 0 Å². The van der Waals surface area contributed by atoms with Gasteiger partial charge in [-0.25, -0.2) is 0 Å². The minimum atomic E-state index is -1.26. The Morgan fingerprint density at radius 3 is 2.11 bits per heavy atom. The van der Waals surface area contributed by atoms with Gasteiger partial charge in [0.1, 0.15) is 0 Å². The van der Waals surface area contributed by atoms with Gasteiger partial charge in [0.05, 0.1) is 0 Å². The van der Waals surface area contributed by atoms with Gasteiger partial charge in [-0.2, -0.15) is 5.14 Å². The van der Waals surface area contributed by atoms with E-state index in [1.807, 2.05) is 32.9 Å². The van der Waals surface area contributed by atoms with Crippen molar-refractivity contribution >= 4 is 11.4 Å². The lowest BCUT2D eigenvalue weighted by atomic mass is 10.2. The SMILES string of the molecule is CC=CC(C)(C)[S+](N)[O-]. The molecule has 0 rings (SSSR count). The van der Waals surface area contributed by atoms with Gasteiger partial charge in [0.25, 0.3) is 0 Å². The molecule has 2 N–H and O–H groups in total. The van der Waals surface area contributed by atoms with Crippen LogP contribution in [0, 0.1) is 0 Å². The van der Waals surface area contributed by atoms with Crippen molar-refractivity contribution in [2.75, 3.05) is 0 Å². The predicted octanol–water partition coefficient (Wildman–Crippen LogP) is 0.964. The third kappa shape index (κ3) is 2.89. The molecule has 9 heavy (non-hydrogen) atoms. The Hall–Kier alpha value is 0.01000. The van der Waals surface area contributed by atoms with Gasteiger partial charge >= 0.3 is 0 Å². The van der Waals surface area contributed by atoms with Crippen LogP contribution in [0.15, 0.2) is 12.2 Å². The van der Waals surface area contributed by atoms with Gasteiger partial charge in [0.2, 0.25) is 0 Å². The molecule has 0 aromatic heterocycles. The molecule has 1 atom stereocenters. The van der Waals surface area contributed by atoms with Gasteiger partial charge in [0.15, 0.2) is 4.75 Å². The van der Waals surface area contributed by atoms with Crippen LogP contribution in [0.2, 0.25) is 0 Å². The Balaban J connectivity index is 4.01. The quantitative estimate of drug-likeness (QED) is 0.467. The normalized spacial score (nSPS) is 16.6. The lowest BCUT2D eigenvalue weighted by Crippen LogP contribution is -2.35. The van der Waals surface area contributed by atoms with E-state index in [-0.39, 0.29) is 4.75 Å². The fraction of sp³-hybridized carbons (Fsp3) is 0.667. The van der Waals surface area contributed by atoms with E-state index >= 15 is 0 Å². The standard InChI is InChI=1S/C6H13NOS/c1-4-5-6(2,3)9(7)8/h4-5H,7H2,1-3H3. The molecular weight excluding hydrogens is 134 g/mol. The summed E-state index contributed by atoms with van der Waals surface area (Å²) in [5, 5.41) is 5.18. The smallest absolute Gasteiger partial charge is 0.157 e. The van der Waals surface area contributed by atoms with E-state index in [9.17, 15) is 4.55 Å². The average Bonchev–Trinajstić information content (AvgIpc) is 1.65. The van der Waals surface area contributed by atoms with Crippen molar-refractivity contribution in [3.63, 3.8) is 0 Å². The first-order valence-electron chi connectivity index (χ1n) is 2.81. The molecule has 0 radical (unpaired) electrons. The Kier molecular flexibility index (Phi) is 3.25. The zero-order chi connectivity index (χ0) is 7.49. The second kappa shape index (κ2) is 3.25. The number of nitrogens with two attached hydrogens (primary N) is 1. The molecule has 0 aliphatic rings. The fourth-order valence-electron chi connectivity index (χ4n) is 0.468. The van der Waals surface area contributed by atoms with Crippen LogP contribution in [0.4, 0.5) is 0 Å². The van der Waals surface area contributed by atoms with Crippen molar-refractivity contribution in [2.45, 2.75) is 25.5 Å². The van der Waals surface area contributed by atoms with E-state index in [4.69, 9.17) is 5.14 Å². The second-order valence-electron chi connectivity index (χ2n) is 2.40. The van der Waals surface area contributed by atoms with E-state index in [1.54, 1.807) is 0 Å². The summed E-state index contributed by atoms with van der Waals surface area (Å²) in [7, 11) is 0. The first-order chi connectivity index (χ1) is 4.00. The molecule has 0 aromatic carbocycles. The highest BCUT2D eigenvalue weighted by Gasteiger charge is 2.25. The minimum Gasteiger partial charge on any atom is -0.598 e. The lowest BCUT2D eigenvalue weighted by molar-refractivity contribution is 0.573. The van der Waals surface area contributed by atoms with E-state index in [2.05, 4.69) is 0 Å². The number of rotatable bonds is 2. The molecule has 0 saturated heterocycles. The van der Waals surface area contributed by atoms with Crippen LogP contribution in [-0.2, 0) is 11.4 Å². The number of hydrogen-bond acceptors (Lipinski definition) is 2. The summed E-state index contributed by atoms with van der Waals surface area (Å²) in [6, 6.07) is 0. The highest BCUT2D eigenvalue weighted by Crippen LogP contribution is 2.13. The van der Waals surface area contributed by atoms with Gasteiger partial charge in [-0.1, -0.05) is 6.08 Å². The molecule has 0 aliphatic heterocycles. The van der Waals surface area contributed by atoms with E-state index in [0.29, 0.717) is 0 Å². The molecule has 0 spiro atoms. The molecule has 54 valence electrons. The summed E-state index contributed by atoms with van der Waals surface area (Å²) in [5.74, 6) is 0. The maximum absolute atomic E-state index is 10.7. The first kappa shape index (κ1) is 9.01. The van der Waals surface area contributed by atoms with Gasteiger partial charge in [0, 0.05) is 11.4 Å². The zero-order valence-electron chi connectivity index (χ0n) is 6.05. The second-order valence-corrected chi connectivity index (χ2v) is 4.05. The summed E-state index contributed by atoms with van der Waals surface area (Å²) in [5.41, 5.74) is 0. The van der Waals surface area contributed by atoms with E-state index < -0.39 is 11.4 Å². The molecule has 0 aliphatic carbocycles. The number of allylic oxidation sites excluding steroid dienone is 1. The molecule has 0 saturated carbocycles. The minimum absolute atomic E-state index is 0.380. The highest BCUT2D eigenvalue weighted by atomic mass is 32.2. The molecular formula is C6H13NOS. The summed E-state index contributed by atoms with van der Waals surface area (Å²) in [6.07, 6.45) is 3.69. The molecule has 0 aromatic rings. The average molecular weight is 147 g/mol. The Labute approximate surface area is 59.4 Å². The first-order valence-corrected chi connectivity index (χ1v) is 4.02. The van der Waals surface area contributed by atoms with Crippen LogP contribution in [0.5, 0.6) is 0 Å². The molecule has 0 heterocycles. The van der Waals surface area contributed by atoms with Gasteiger partial charge in [-0.05, 0) is 26.8 Å². The van der Waals surface area contributed by atoms with E-state index in [0.717, 1.165) is 0 Å². The van der Waals surface area contributed by atoms with Crippen molar-refractivity contribution in [2.24, 2.45) is 5.14 Å². The molecule has 2 nitrogen and oxygen atoms in total. The summed E-state index contributed by atoms with van der Waals surface area (Å²) in [6.45, 7) is 5.56. The van der Waals surface area contributed by atoms with Crippen LogP contribution in [0.1, 0.15) is 20.8 Å². The van der Waals surface area contributed by atoms with Crippen LogP contribution in [0.3, 0.4) is 0 Å². The topological polar surface area (TPSA) is 49.1 Å². The van der Waals surface area contributed by atoms with Crippen molar-refractivity contribution in [1.82, 2.24) is 0 Å². The van der Waals surface area contributed by atoms with Gasteiger partial charge in [-0.15, -0.1) is 0 Å². The molecule has 0 fully saturated rings. The monoisotopic (exact) mass is 147 g/mol. The third-order valence-electron chi connectivity index (χ3n) is 1.09. The Morgan fingerprint density at radius 1 is 1.56 bits per heavy atom. The Morgan fingerprint density at radius 2 is 2.00 bits per heavy atom. The van der Waals surface area contributed by atoms with Gasteiger partial charge < -0.3 is 4.55 Å². The van der Waals surface area contributed by atoms with Crippen molar-refractivity contribution < 1.29 is 4.55 Å². The lowest BCUT2D eigenvalue weighted by Gasteiger charge is -2.19. The maximum atomic E-state index is 10.7. The van der Waals surface area contributed by atoms with Crippen molar-refractivity contribution in [3.05, 3.63) is 12.2 Å². The largest absolute Gasteiger partial charge is 0.598 e. The highest BCUT2D eigenvalue weighted by molar-refractivity contribution is 7.90. The maximum Gasteiger partial charge on any atom is 0.157 e. The van der Waals surface area contributed by atoms with Crippen LogP contribution in [-0.4, -0.2) is 9.30 Å². The molecule has 1 unspecified atom stereocenters. The summed E-state index contributed by atoms with van der Waals surface area (Å²) in [4.78, 5) is 0. The van der Waals surface area contributed by atoms with E-state index in [1.165, 1.54) is 0 Å². The summed E-state index contributed by atoms with van der Waals surface area (Å²) < 4.78 is 10.3. The fourth-order valence-corrected chi connectivity index (χ4v) is 0.739. The number of hydrogen-bond donors (Lipinski definition) is 1. The zero-order valence-corrected chi connectivity index (χ0v) is 6.87. The Bertz CT molecular complexity index is 110. The third-order valence-corrected chi connectivity index (χ3v) is 2.26. The van der Waals surface area contributed by atoms with Crippen LogP contribution in [0.25, 0.3) is 0 Å². The molecule has 0 amide bonds.